The molecule has 0 aliphatic carbocycles. The summed E-state index contributed by atoms with van der Waals surface area (Å²) in [7, 11) is 0. The van der Waals surface area contributed by atoms with Crippen molar-refractivity contribution in [3.63, 3.8) is 0 Å². The number of nitrogens with zero attached hydrogens (tertiary/aromatic N) is 1. The zero-order valence-electron chi connectivity index (χ0n) is 13.0. The van der Waals surface area contributed by atoms with Crippen molar-refractivity contribution in [3.05, 3.63) is 71.9 Å². The predicted octanol–water partition coefficient (Wildman–Crippen LogP) is 3.91. The first kappa shape index (κ1) is 15.0. The van der Waals surface area contributed by atoms with E-state index in [4.69, 9.17) is 0 Å². The summed E-state index contributed by atoms with van der Waals surface area (Å²) in [5.74, 6) is 0. The van der Waals surface area contributed by atoms with Gasteiger partial charge in [-0.2, -0.15) is 0 Å². The molecule has 0 radical (unpaired) electrons. The van der Waals surface area contributed by atoms with E-state index in [1.807, 2.05) is 36.4 Å². The molecular formula is C19H19N3O. The largest absolute Gasteiger partial charge is 0.338 e. The summed E-state index contributed by atoms with van der Waals surface area (Å²) >= 11 is 0. The van der Waals surface area contributed by atoms with Gasteiger partial charge in [-0.1, -0.05) is 48.0 Å². The predicted molar refractivity (Wildman–Crippen MR) is 93.6 cm³/mol. The number of hydrogen-bond donors (Lipinski definition) is 2. The first-order valence-corrected chi connectivity index (χ1v) is 7.66. The van der Waals surface area contributed by atoms with Crippen molar-refractivity contribution in [2.45, 2.75) is 13.3 Å². The van der Waals surface area contributed by atoms with Gasteiger partial charge in [0, 0.05) is 18.1 Å². The van der Waals surface area contributed by atoms with Crippen LogP contribution >= 0.6 is 0 Å². The van der Waals surface area contributed by atoms with Gasteiger partial charge in [0.25, 0.3) is 0 Å². The number of anilines is 1. The third-order valence-electron chi connectivity index (χ3n) is 3.66. The van der Waals surface area contributed by atoms with Gasteiger partial charge in [-0.05, 0) is 31.0 Å². The quantitative estimate of drug-likeness (QED) is 0.768. The smallest absolute Gasteiger partial charge is 0.319 e. The average molecular weight is 305 g/mol. The number of para-hydroxylation sites is 1. The van der Waals surface area contributed by atoms with Crippen LogP contribution in [-0.2, 0) is 6.42 Å². The Labute approximate surface area is 135 Å². The summed E-state index contributed by atoms with van der Waals surface area (Å²) in [5, 5.41) is 6.76. The lowest BCUT2D eigenvalue weighted by atomic mass is 10.1. The first-order chi connectivity index (χ1) is 11.2. The molecule has 23 heavy (non-hydrogen) atoms. The fourth-order valence-electron chi connectivity index (χ4n) is 2.56. The van der Waals surface area contributed by atoms with Crippen LogP contribution in [0.15, 0.2) is 60.8 Å². The topological polar surface area (TPSA) is 54.0 Å². The molecule has 4 nitrogen and oxygen atoms in total. The molecule has 3 aromatic rings. The summed E-state index contributed by atoms with van der Waals surface area (Å²) in [6.07, 6.45) is 2.53. The van der Waals surface area contributed by atoms with E-state index in [2.05, 4.69) is 40.7 Å². The van der Waals surface area contributed by atoms with E-state index in [-0.39, 0.29) is 6.03 Å². The molecule has 1 heterocycles. The molecule has 4 heteroatoms. The minimum atomic E-state index is -0.212. The lowest BCUT2D eigenvalue weighted by molar-refractivity contribution is 0.252. The molecule has 3 rings (SSSR count). The van der Waals surface area contributed by atoms with E-state index >= 15 is 0 Å². The Morgan fingerprint density at radius 2 is 1.91 bits per heavy atom. The second kappa shape index (κ2) is 6.92. The van der Waals surface area contributed by atoms with Gasteiger partial charge in [0.05, 0.1) is 11.2 Å². The molecule has 0 aliphatic rings. The molecule has 0 saturated carbocycles. The number of urea groups is 1. The summed E-state index contributed by atoms with van der Waals surface area (Å²) in [6.45, 7) is 2.66. The molecular weight excluding hydrogens is 286 g/mol. The minimum absolute atomic E-state index is 0.212. The van der Waals surface area contributed by atoms with Gasteiger partial charge in [0.2, 0.25) is 0 Å². The summed E-state index contributed by atoms with van der Waals surface area (Å²) in [4.78, 5) is 16.4. The minimum Gasteiger partial charge on any atom is -0.338 e. The number of fused-ring (bicyclic) bond motifs is 1. The molecule has 1 aromatic heterocycles. The van der Waals surface area contributed by atoms with Crippen LogP contribution in [-0.4, -0.2) is 17.6 Å². The number of benzene rings is 2. The van der Waals surface area contributed by atoms with Crippen LogP contribution < -0.4 is 10.6 Å². The van der Waals surface area contributed by atoms with Crippen molar-refractivity contribution in [1.29, 1.82) is 0 Å². The van der Waals surface area contributed by atoms with Crippen LogP contribution in [0.3, 0.4) is 0 Å². The number of carbonyl (C=O) groups is 1. The highest BCUT2D eigenvalue weighted by Crippen LogP contribution is 2.20. The summed E-state index contributed by atoms with van der Waals surface area (Å²) in [5.41, 5.74) is 3.96. The van der Waals surface area contributed by atoms with Crippen LogP contribution in [0.25, 0.3) is 10.9 Å². The van der Waals surface area contributed by atoms with Crippen molar-refractivity contribution in [1.82, 2.24) is 10.3 Å². The SMILES string of the molecule is Cc1cccc(CCNC(=O)Nc2cccc3cccnc23)c1. The Morgan fingerprint density at radius 1 is 1.09 bits per heavy atom. The first-order valence-electron chi connectivity index (χ1n) is 7.66. The number of aromatic nitrogens is 1. The number of pyridine rings is 1. The summed E-state index contributed by atoms with van der Waals surface area (Å²) < 4.78 is 0. The van der Waals surface area contributed by atoms with E-state index in [1.165, 1.54) is 11.1 Å². The Kier molecular flexibility index (Phi) is 4.52. The number of amides is 2. The van der Waals surface area contributed by atoms with Crippen molar-refractivity contribution in [3.8, 4) is 0 Å². The van der Waals surface area contributed by atoms with Gasteiger partial charge in [-0.25, -0.2) is 4.79 Å². The molecule has 116 valence electrons. The van der Waals surface area contributed by atoms with Crippen molar-refractivity contribution < 1.29 is 4.79 Å². The third-order valence-corrected chi connectivity index (χ3v) is 3.66. The van der Waals surface area contributed by atoms with Gasteiger partial charge in [0.15, 0.2) is 0 Å². The fraction of sp³-hybridized carbons (Fsp3) is 0.158. The van der Waals surface area contributed by atoms with E-state index < -0.39 is 0 Å². The average Bonchev–Trinajstić information content (AvgIpc) is 2.55. The number of nitrogens with one attached hydrogen (secondary N) is 2. The van der Waals surface area contributed by atoms with E-state index in [1.54, 1.807) is 6.20 Å². The van der Waals surface area contributed by atoms with Gasteiger partial charge < -0.3 is 10.6 Å². The number of aryl methyl sites for hydroxylation is 1. The third kappa shape index (κ3) is 3.86. The number of carbonyl (C=O) groups excluding carboxylic acids is 1. The van der Waals surface area contributed by atoms with E-state index in [9.17, 15) is 4.79 Å². The zero-order chi connectivity index (χ0) is 16.1. The molecule has 0 aliphatic heterocycles. The molecule has 0 fully saturated rings. The monoisotopic (exact) mass is 305 g/mol. The Hall–Kier alpha value is -2.88. The zero-order valence-corrected chi connectivity index (χ0v) is 13.0. The Bertz CT molecular complexity index is 824. The standard InChI is InChI=1S/C19H19N3O/c1-14-5-2-6-15(13-14)10-12-21-19(23)22-17-9-3-7-16-8-4-11-20-18(16)17/h2-9,11,13H,10,12H2,1H3,(H2,21,22,23). The summed E-state index contributed by atoms with van der Waals surface area (Å²) in [6, 6.07) is 17.7. The lowest BCUT2D eigenvalue weighted by Crippen LogP contribution is -2.30. The van der Waals surface area contributed by atoms with E-state index in [0.717, 1.165) is 23.0 Å². The number of rotatable bonds is 4. The van der Waals surface area contributed by atoms with Gasteiger partial charge in [0.1, 0.15) is 0 Å². The van der Waals surface area contributed by atoms with Crippen LogP contribution in [0.4, 0.5) is 10.5 Å². The highest BCUT2D eigenvalue weighted by molar-refractivity contribution is 5.99. The second-order valence-electron chi connectivity index (χ2n) is 5.50. The van der Waals surface area contributed by atoms with Crippen LogP contribution in [0, 0.1) is 6.92 Å². The molecule has 0 spiro atoms. The normalized spacial score (nSPS) is 10.5. The molecule has 0 atom stereocenters. The highest BCUT2D eigenvalue weighted by Gasteiger charge is 2.05. The number of hydrogen-bond acceptors (Lipinski definition) is 2. The van der Waals surface area contributed by atoms with Crippen molar-refractivity contribution >= 4 is 22.6 Å². The molecule has 2 N–H and O–H groups in total. The van der Waals surface area contributed by atoms with E-state index in [0.29, 0.717) is 6.54 Å². The Morgan fingerprint density at radius 3 is 2.78 bits per heavy atom. The molecule has 2 amide bonds. The molecule has 0 bridgehead atoms. The van der Waals surface area contributed by atoms with Crippen molar-refractivity contribution in [2.24, 2.45) is 0 Å². The molecule has 0 unspecified atom stereocenters. The molecule has 0 saturated heterocycles. The maximum atomic E-state index is 12.1. The highest BCUT2D eigenvalue weighted by atomic mass is 16.2. The van der Waals surface area contributed by atoms with Crippen molar-refractivity contribution in [2.75, 3.05) is 11.9 Å². The maximum absolute atomic E-state index is 12.1. The molecule has 2 aromatic carbocycles. The van der Waals surface area contributed by atoms with Crippen LogP contribution in [0.5, 0.6) is 0 Å². The Balaban J connectivity index is 1.59. The van der Waals surface area contributed by atoms with Crippen LogP contribution in [0.1, 0.15) is 11.1 Å². The fourth-order valence-corrected chi connectivity index (χ4v) is 2.56. The lowest BCUT2D eigenvalue weighted by Gasteiger charge is -2.09. The second-order valence-corrected chi connectivity index (χ2v) is 5.50. The van der Waals surface area contributed by atoms with Gasteiger partial charge in [-0.3, -0.25) is 4.98 Å². The van der Waals surface area contributed by atoms with Gasteiger partial charge in [-0.15, -0.1) is 0 Å². The van der Waals surface area contributed by atoms with Gasteiger partial charge >= 0.3 is 6.03 Å². The van der Waals surface area contributed by atoms with Crippen LogP contribution in [0.2, 0.25) is 0 Å². The maximum Gasteiger partial charge on any atom is 0.319 e.